The van der Waals surface area contributed by atoms with Gasteiger partial charge < -0.3 is 10.5 Å². The van der Waals surface area contributed by atoms with Crippen LogP contribution in [0, 0.1) is 5.92 Å². The minimum absolute atomic E-state index is 0.114. The van der Waals surface area contributed by atoms with Crippen molar-refractivity contribution in [2.45, 2.75) is 58.6 Å². The lowest BCUT2D eigenvalue weighted by Gasteiger charge is -2.25. The van der Waals surface area contributed by atoms with Crippen molar-refractivity contribution in [1.82, 2.24) is 0 Å². The molecule has 3 unspecified atom stereocenters. The van der Waals surface area contributed by atoms with Crippen LogP contribution in [0.1, 0.15) is 56.3 Å². The monoisotopic (exact) mass is 261 g/mol. The summed E-state index contributed by atoms with van der Waals surface area (Å²) in [6, 6.07) is 6.90. The minimum atomic E-state index is 0.114. The molecule has 1 fully saturated rings. The molecule has 0 saturated carbocycles. The van der Waals surface area contributed by atoms with E-state index in [4.69, 9.17) is 10.5 Å². The van der Waals surface area contributed by atoms with Crippen molar-refractivity contribution < 1.29 is 4.74 Å². The fourth-order valence-corrected chi connectivity index (χ4v) is 3.27. The standard InChI is InChI=1S/C17H27NO/c1-4-12-7-8-14(11-13(12)5-2)17(18)15-9-10-19-16(15)6-3/h7-8,11,15-17H,4-6,9-10,18H2,1-3H3. The summed E-state index contributed by atoms with van der Waals surface area (Å²) in [5.41, 5.74) is 10.7. The smallest absolute Gasteiger partial charge is 0.0619 e. The summed E-state index contributed by atoms with van der Waals surface area (Å²) in [7, 11) is 0. The van der Waals surface area contributed by atoms with E-state index in [-0.39, 0.29) is 6.04 Å². The first-order valence-corrected chi connectivity index (χ1v) is 7.70. The van der Waals surface area contributed by atoms with Crippen LogP contribution in [0.4, 0.5) is 0 Å². The molecule has 3 atom stereocenters. The van der Waals surface area contributed by atoms with Gasteiger partial charge in [0.2, 0.25) is 0 Å². The molecule has 1 heterocycles. The van der Waals surface area contributed by atoms with Crippen LogP contribution in [0.5, 0.6) is 0 Å². The normalized spacial score (nSPS) is 24.6. The third-order valence-corrected chi connectivity index (χ3v) is 4.50. The van der Waals surface area contributed by atoms with Crippen LogP contribution in [0.3, 0.4) is 0 Å². The Bertz CT molecular complexity index is 416. The lowest BCUT2D eigenvalue weighted by atomic mass is 9.86. The lowest BCUT2D eigenvalue weighted by molar-refractivity contribution is 0.0813. The maximum atomic E-state index is 6.50. The molecule has 1 aromatic carbocycles. The van der Waals surface area contributed by atoms with Crippen molar-refractivity contribution in [3.63, 3.8) is 0 Å². The van der Waals surface area contributed by atoms with Gasteiger partial charge in [-0.15, -0.1) is 0 Å². The number of hydrogen-bond donors (Lipinski definition) is 1. The van der Waals surface area contributed by atoms with Gasteiger partial charge in [0.1, 0.15) is 0 Å². The van der Waals surface area contributed by atoms with Crippen LogP contribution >= 0.6 is 0 Å². The Hall–Kier alpha value is -0.860. The molecule has 1 aliphatic rings. The molecular weight excluding hydrogens is 234 g/mol. The Kier molecular flexibility index (Phi) is 5.00. The summed E-state index contributed by atoms with van der Waals surface area (Å²) < 4.78 is 5.78. The van der Waals surface area contributed by atoms with Crippen molar-refractivity contribution in [2.75, 3.05) is 6.61 Å². The average Bonchev–Trinajstić information content (AvgIpc) is 2.94. The molecule has 1 aromatic rings. The van der Waals surface area contributed by atoms with Gasteiger partial charge in [0.15, 0.2) is 0 Å². The highest BCUT2D eigenvalue weighted by Crippen LogP contribution is 2.34. The second-order valence-corrected chi connectivity index (χ2v) is 5.53. The van der Waals surface area contributed by atoms with Crippen molar-refractivity contribution >= 4 is 0 Å². The molecule has 1 saturated heterocycles. The zero-order valence-corrected chi connectivity index (χ0v) is 12.5. The molecule has 2 heteroatoms. The van der Waals surface area contributed by atoms with E-state index in [1.165, 1.54) is 16.7 Å². The van der Waals surface area contributed by atoms with Crippen LogP contribution in [-0.2, 0) is 17.6 Å². The van der Waals surface area contributed by atoms with Crippen LogP contribution in [0.15, 0.2) is 18.2 Å². The third kappa shape index (κ3) is 3.01. The highest BCUT2D eigenvalue weighted by molar-refractivity contribution is 5.34. The largest absolute Gasteiger partial charge is 0.378 e. The molecule has 19 heavy (non-hydrogen) atoms. The lowest BCUT2D eigenvalue weighted by Crippen LogP contribution is -2.28. The van der Waals surface area contributed by atoms with E-state index in [1.807, 2.05) is 0 Å². The van der Waals surface area contributed by atoms with E-state index in [9.17, 15) is 0 Å². The maximum Gasteiger partial charge on any atom is 0.0619 e. The number of rotatable bonds is 5. The SMILES string of the molecule is CCc1ccc(C(N)C2CCOC2CC)cc1CC. The first-order valence-electron chi connectivity index (χ1n) is 7.70. The molecule has 0 aliphatic carbocycles. The Morgan fingerprint density at radius 3 is 2.58 bits per heavy atom. The predicted octanol–water partition coefficient (Wildman–Crippen LogP) is 3.63. The second-order valence-electron chi connectivity index (χ2n) is 5.53. The fourth-order valence-electron chi connectivity index (χ4n) is 3.27. The van der Waals surface area contributed by atoms with E-state index in [2.05, 4.69) is 39.0 Å². The number of hydrogen-bond acceptors (Lipinski definition) is 2. The van der Waals surface area contributed by atoms with Gasteiger partial charge >= 0.3 is 0 Å². The minimum Gasteiger partial charge on any atom is -0.378 e. The van der Waals surface area contributed by atoms with E-state index >= 15 is 0 Å². The topological polar surface area (TPSA) is 35.2 Å². The highest BCUT2D eigenvalue weighted by Gasteiger charge is 2.32. The summed E-state index contributed by atoms with van der Waals surface area (Å²) in [5, 5.41) is 0. The summed E-state index contributed by atoms with van der Waals surface area (Å²) in [6.45, 7) is 7.49. The van der Waals surface area contributed by atoms with Gasteiger partial charge in [-0.3, -0.25) is 0 Å². The van der Waals surface area contributed by atoms with Crippen LogP contribution < -0.4 is 5.73 Å². The van der Waals surface area contributed by atoms with E-state index in [0.717, 1.165) is 32.3 Å². The molecule has 106 valence electrons. The molecule has 1 aliphatic heterocycles. The summed E-state index contributed by atoms with van der Waals surface area (Å²) in [5.74, 6) is 0.474. The van der Waals surface area contributed by atoms with Gasteiger partial charge in [0.25, 0.3) is 0 Å². The van der Waals surface area contributed by atoms with Gasteiger partial charge in [-0.25, -0.2) is 0 Å². The van der Waals surface area contributed by atoms with Crippen molar-refractivity contribution in [2.24, 2.45) is 11.7 Å². The number of ether oxygens (including phenoxy) is 1. The van der Waals surface area contributed by atoms with Gasteiger partial charge in [-0.1, -0.05) is 39.0 Å². The van der Waals surface area contributed by atoms with E-state index in [0.29, 0.717) is 12.0 Å². The first-order chi connectivity index (χ1) is 9.21. The summed E-state index contributed by atoms with van der Waals surface area (Å²) >= 11 is 0. The van der Waals surface area contributed by atoms with Gasteiger partial charge in [0, 0.05) is 18.6 Å². The highest BCUT2D eigenvalue weighted by atomic mass is 16.5. The van der Waals surface area contributed by atoms with Gasteiger partial charge in [0.05, 0.1) is 6.10 Å². The molecule has 0 radical (unpaired) electrons. The summed E-state index contributed by atoms with van der Waals surface area (Å²) in [4.78, 5) is 0. The molecule has 2 N–H and O–H groups in total. The average molecular weight is 261 g/mol. The fraction of sp³-hybridized carbons (Fsp3) is 0.647. The molecule has 0 amide bonds. The first kappa shape index (κ1) is 14.5. The number of nitrogens with two attached hydrogens (primary N) is 1. The molecule has 2 nitrogen and oxygen atoms in total. The molecule has 0 bridgehead atoms. The predicted molar refractivity (Wildman–Crippen MR) is 80.3 cm³/mol. The Morgan fingerprint density at radius 1 is 1.21 bits per heavy atom. The van der Waals surface area contributed by atoms with Gasteiger partial charge in [-0.05, 0) is 42.4 Å². The quantitative estimate of drug-likeness (QED) is 0.878. The molecule has 0 spiro atoms. The summed E-state index contributed by atoms with van der Waals surface area (Å²) in [6.07, 6.45) is 4.68. The third-order valence-electron chi connectivity index (χ3n) is 4.50. The molecule has 0 aromatic heterocycles. The Morgan fingerprint density at radius 2 is 1.95 bits per heavy atom. The number of aryl methyl sites for hydroxylation is 2. The molecule has 2 rings (SSSR count). The van der Waals surface area contributed by atoms with Crippen LogP contribution in [0.2, 0.25) is 0 Å². The Balaban J connectivity index is 2.21. The van der Waals surface area contributed by atoms with Gasteiger partial charge in [-0.2, -0.15) is 0 Å². The van der Waals surface area contributed by atoms with Crippen molar-refractivity contribution in [3.05, 3.63) is 34.9 Å². The van der Waals surface area contributed by atoms with Crippen molar-refractivity contribution in [1.29, 1.82) is 0 Å². The second kappa shape index (κ2) is 6.53. The van der Waals surface area contributed by atoms with Crippen LogP contribution in [0.25, 0.3) is 0 Å². The van der Waals surface area contributed by atoms with E-state index in [1.54, 1.807) is 0 Å². The molecular formula is C17H27NO. The van der Waals surface area contributed by atoms with Crippen molar-refractivity contribution in [3.8, 4) is 0 Å². The maximum absolute atomic E-state index is 6.50. The van der Waals surface area contributed by atoms with E-state index < -0.39 is 0 Å². The van der Waals surface area contributed by atoms with Crippen LogP contribution in [-0.4, -0.2) is 12.7 Å². The Labute approximate surface area is 117 Å². The number of benzene rings is 1. The zero-order chi connectivity index (χ0) is 13.8. The zero-order valence-electron chi connectivity index (χ0n) is 12.5.